The van der Waals surface area contributed by atoms with Crippen molar-refractivity contribution in [2.75, 3.05) is 6.61 Å². The molecule has 5 aliphatic rings. The van der Waals surface area contributed by atoms with E-state index >= 15 is 0 Å². The van der Waals surface area contributed by atoms with Gasteiger partial charge in [0.15, 0.2) is 0 Å². The lowest BCUT2D eigenvalue weighted by atomic mass is 9.41. The Morgan fingerprint density at radius 1 is 0.829 bits per heavy atom. The summed E-state index contributed by atoms with van der Waals surface area (Å²) < 4.78 is 0. The van der Waals surface area contributed by atoms with E-state index in [1.54, 1.807) is 5.57 Å². The van der Waals surface area contributed by atoms with E-state index in [0.29, 0.717) is 24.2 Å². The third-order valence-corrected chi connectivity index (χ3v) is 13.8. The van der Waals surface area contributed by atoms with Crippen molar-refractivity contribution in [3.63, 3.8) is 0 Å². The second-order valence-corrected chi connectivity index (χ2v) is 15.5. The van der Waals surface area contributed by atoms with Crippen LogP contribution in [0.25, 0.3) is 0 Å². The van der Waals surface area contributed by atoms with Gasteiger partial charge in [0.2, 0.25) is 0 Å². The topological polar surface area (TPSA) is 80.9 Å². The number of hydrogen-bond donors (Lipinski definition) is 4. The minimum Gasteiger partial charge on any atom is -0.396 e. The Kier molecular flexibility index (Phi) is 5.84. The third-order valence-electron chi connectivity index (χ3n) is 13.8. The molecule has 0 spiro atoms. The highest BCUT2D eigenvalue weighted by Gasteiger charge is 2.67. The molecule has 200 valence electrons. The van der Waals surface area contributed by atoms with Crippen molar-refractivity contribution in [3.05, 3.63) is 11.6 Å². The Labute approximate surface area is 213 Å². The summed E-state index contributed by atoms with van der Waals surface area (Å²) in [6.45, 7) is 16.4. The van der Waals surface area contributed by atoms with Crippen LogP contribution in [0.15, 0.2) is 11.6 Å². The first-order valence-corrected chi connectivity index (χ1v) is 14.4. The van der Waals surface area contributed by atoms with E-state index in [1.165, 1.54) is 0 Å². The summed E-state index contributed by atoms with van der Waals surface area (Å²) in [5.41, 5.74) is 1.17. The largest absolute Gasteiger partial charge is 0.396 e. The summed E-state index contributed by atoms with van der Waals surface area (Å²) in [6.07, 6.45) is 9.92. The van der Waals surface area contributed by atoms with Gasteiger partial charge in [0.25, 0.3) is 0 Å². The summed E-state index contributed by atoms with van der Waals surface area (Å²) in [5, 5.41) is 43.4. The molecule has 4 fully saturated rings. The van der Waals surface area contributed by atoms with Gasteiger partial charge in [-0.05, 0) is 103 Å². The van der Waals surface area contributed by atoms with E-state index < -0.39 is 23.7 Å². The van der Waals surface area contributed by atoms with Gasteiger partial charge in [-0.2, -0.15) is 0 Å². The summed E-state index contributed by atoms with van der Waals surface area (Å²) in [5.74, 6) is 1.25. The van der Waals surface area contributed by atoms with E-state index in [9.17, 15) is 20.4 Å². The number of allylic oxidation sites excluding steroid dienone is 2. The van der Waals surface area contributed by atoms with Gasteiger partial charge < -0.3 is 20.4 Å². The van der Waals surface area contributed by atoms with E-state index in [4.69, 9.17) is 0 Å². The Morgan fingerprint density at radius 3 is 2.14 bits per heavy atom. The van der Waals surface area contributed by atoms with E-state index in [0.717, 1.165) is 51.4 Å². The monoisotopic (exact) mass is 488 g/mol. The van der Waals surface area contributed by atoms with Crippen LogP contribution < -0.4 is 0 Å². The van der Waals surface area contributed by atoms with Crippen LogP contribution in [0.3, 0.4) is 0 Å². The fourth-order valence-electron chi connectivity index (χ4n) is 11.4. The zero-order valence-electron chi connectivity index (χ0n) is 23.4. The van der Waals surface area contributed by atoms with Crippen molar-refractivity contribution in [2.24, 2.45) is 50.2 Å². The maximum absolute atomic E-state index is 11.0. The number of aliphatic hydroxyl groups is 4. The van der Waals surface area contributed by atoms with Crippen molar-refractivity contribution in [1.82, 2.24) is 0 Å². The van der Waals surface area contributed by atoms with Crippen LogP contribution in [-0.4, -0.2) is 45.3 Å². The normalized spacial score (nSPS) is 57.6. The second-order valence-electron chi connectivity index (χ2n) is 15.5. The molecule has 35 heavy (non-hydrogen) atoms. The van der Waals surface area contributed by atoms with Crippen molar-refractivity contribution in [3.8, 4) is 0 Å². The van der Waals surface area contributed by atoms with Gasteiger partial charge in [-0.1, -0.05) is 60.1 Å². The Hall–Kier alpha value is -0.420. The van der Waals surface area contributed by atoms with Gasteiger partial charge >= 0.3 is 0 Å². The molecule has 0 aliphatic heterocycles. The molecule has 0 bridgehead atoms. The predicted octanol–water partition coefficient (Wildman–Crippen LogP) is 5.47. The minimum atomic E-state index is -0.672. The first kappa shape index (κ1) is 26.2. The molecule has 5 aliphatic carbocycles. The van der Waals surface area contributed by atoms with Crippen molar-refractivity contribution < 1.29 is 20.4 Å². The average molecular weight is 489 g/mol. The standard InChI is InChI=1S/C31H52O4/c1-26(2)21-9-8-19-16-27(3)13-10-23-28(4,14-12-24(34)29(23,5)18-32)22(27)11-15-30(19,6)31(21,7)17-20(33)25(26)35/h8,20-25,32-35H,9-18H2,1-7H3. The molecule has 0 aromatic heterocycles. The van der Waals surface area contributed by atoms with E-state index in [-0.39, 0.29) is 33.7 Å². The van der Waals surface area contributed by atoms with E-state index in [1.807, 2.05) is 0 Å². The summed E-state index contributed by atoms with van der Waals surface area (Å²) >= 11 is 0. The summed E-state index contributed by atoms with van der Waals surface area (Å²) in [6, 6.07) is 0. The second kappa shape index (κ2) is 7.80. The van der Waals surface area contributed by atoms with Crippen molar-refractivity contribution >= 4 is 0 Å². The zero-order valence-corrected chi connectivity index (χ0v) is 23.4. The summed E-state index contributed by atoms with van der Waals surface area (Å²) in [7, 11) is 0. The first-order valence-electron chi connectivity index (χ1n) is 14.4. The summed E-state index contributed by atoms with van der Waals surface area (Å²) in [4.78, 5) is 0. The molecule has 5 rings (SSSR count). The Balaban J connectivity index is 1.56. The van der Waals surface area contributed by atoms with Crippen LogP contribution in [0.5, 0.6) is 0 Å². The van der Waals surface area contributed by atoms with Gasteiger partial charge in [-0.15, -0.1) is 0 Å². The van der Waals surface area contributed by atoms with Crippen LogP contribution in [0.1, 0.15) is 106 Å². The molecule has 0 aromatic rings. The Bertz CT molecular complexity index is 896. The molecule has 0 amide bonds. The molecule has 4 saturated carbocycles. The zero-order chi connectivity index (χ0) is 25.8. The number of aliphatic hydroxyl groups excluding tert-OH is 4. The van der Waals surface area contributed by atoms with Crippen LogP contribution in [0.4, 0.5) is 0 Å². The molecule has 4 nitrogen and oxygen atoms in total. The number of rotatable bonds is 1. The lowest BCUT2D eigenvalue weighted by molar-refractivity contribution is -0.194. The fraction of sp³-hybridized carbons (Fsp3) is 0.935. The molecule has 11 unspecified atom stereocenters. The highest BCUT2D eigenvalue weighted by molar-refractivity contribution is 5.30. The minimum absolute atomic E-state index is 0.00890. The highest BCUT2D eigenvalue weighted by atomic mass is 16.3. The molecule has 4 N–H and O–H groups in total. The Morgan fingerprint density at radius 2 is 1.49 bits per heavy atom. The molecule has 0 radical (unpaired) electrons. The van der Waals surface area contributed by atoms with Crippen molar-refractivity contribution in [2.45, 2.75) is 125 Å². The molecule has 4 heteroatoms. The molecular formula is C31H52O4. The van der Waals surface area contributed by atoms with Crippen molar-refractivity contribution in [1.29, 1.82) is 0 Å². The van der Waals surface area contributed by atoms with Crippen LogP contribution in [0, 0.1) is 50.2 Å². The number of hydrogen-bond acceptors (Lipinski definition) is 4. The molecule has 0 saturated heterocycles. The predicted molar refractivity (Wildman–Crippen MR) is 140 cm³/mol. The van der Waals surface area contributed by atoms with Crippen LogP contribution >= 0.6 is 0 Å². The van der Waals surface area contributed by atoms with Gasteiger partial charge in [0.05, 0.1) is 24.9 Å². The maximum atomic E-state index is 11.0. The van der Waals surface area contributed by atoms with Crippen LogP contribution in [-0.2, 0) is 0 Å². The molecule has 11 atom stereocenters. The SMILES string of the molecule is CC12CCC3C(C)(CO)C(O)CCC3(C)C1CCC1(C)C(=CCC3C(C)(C)C(O)C(O)CC31C)C2. The smallest absolute Gasteiger partial charge is 0.0853 e. The van der Waals surface area contributed by atoms with Crippen LogP contribution in [0.2, 0.25) is 0 Å². The van der Waals surface area contributed by atoms with Gasteiger partial charge in [0.1, 0.15) is 0 Å². The van der Waals surface area contributed by atoms with Gasteiger partial charge in [-0.3, -0.25) is 0 Å². The lowest BCUT2D eigenvalue weighted by Crippen LogP contribution is -2.62. The lowest BCUT2D eigenvalue weighted by Gasteiger charge is -2.64. The highest BCUT2D eigenvalue weighted by Crippen LogP contribution is 2.73. The quantitative estimate of drug-likeness (QED) is 0.369. The van der Waals surface area contributed by atoms with Gasteiger partial charge in [0, 0.05) is 5.41 Å². The molecular weight excluding hydrogens is 436 g/mol. The number of fused-ring (bicyclic) bond motifs is 6. The first-order chi connectivity index (χ1) is 16.1. The molecule has 0 aromatic carbocycles. The third kappa shape index (κ3) is 3.18. The maximum Gasteiger partial charge on any atom is 0.0853 e. The van der Waals surface area contributed by atoms with E-state index in [2.05, 4.69) is 54.5 Å². The fourth-order valence-corrected chi connectivity index (χ4v) is 11.4. The van der Waals surface area contributed by atoms with Gasteiger partial charge in [-0.25, -0.2) is 0 Å². The molecule has 0 heterocycles. The average Bonchev–Trinajstić information content (AvgIpc) is 2.90.